The number of ether oxygens (including phenoxy) is 1. The van der Waals surface area contributed by atoms with Crippen molar-refractivity contribution in [1.82, 2.24) is 20.2 Å². The number of nitrogens with two attached hydrogens (primary N) is 1. The molecule has 6 rings (SSSR count). The van der Waals surface area contributed by atoms with Gasteiger partial charge in [-0.05, 0) is 42.7 Å². The Balaban J connectivity index is 1.26. The minimum atomic E-state index is -0.324. The van der Waals surface area contributed by atoms with E-state index in [1.807, 2.05) is 66.7 Å². The van der Waals surface area contributed by atoms with Crippen molar-refractivity contribution in [2.75, 3.05) is 28.6 Å². The molecular weight excluding hydrogens is 454 g/mol. The third-order valence-corrected chi connectivity index (χ3v) is 6.94. The Labute approximate surface area is 208 Å². The first-order chi connectivity index (χ1) is 17.7. The predicted molar refractivity (Wildman–Crippen MR) is 139 cm³/mol. The largest absolute Gasteiger partial charge is 0.488 e. The molecule has 2 unspecified atom stereocenters. The molecule has 2 bridgehead atoms. The maximum Gasteiger partial charge on any atom is 0.346 e. The Bertz CT molecular complexity index is 1410. The lowest BCUT2D eigenvalue weighted by Gasteiger charge is -2.42. The molecule has 0 saturated carbocycles. The Morgan fingerprint density at radius 1 is 0.972 bits per heavy atom. The van der Waals surface area contributed by atoms with Gasteiger partial charge in [-0.1, -0.05) is 42.5 Å². The van der Waals surface area contributed by atoms with Crippen LogP contribution in [0.3, 0.4) is 0 Å². The van der Waals surface area contributed by atoms with Crippen LogP contribution in [0.15, 0.2) is 77.7 Å². The summed E-state index contributed by atoms with van der Waals surface area (Å²) in [6.45, 7) is 2.01. The number of piperazine rings is 1. The maximum absolute atomic E-state index is 11.8. The normalized spacial score (nSPS) is 18.9. The second-order valence-electron chi connectivity index (χ2n) is 9.22. The van der Waals surface area contributed by atoms with Crippen LogP contribution in [0.5, 0.6) is 5.75 Å². The van der Waals surface area contributed by atoms with Crippen molar-refractivity contribution in [2.24, 2.45) is 0 Å². The first kappa shape index (κ1) is 22.1. The van der Waals surface area contributed by atoms with Crippen molar-refractivity contribution in [3.63, 3.8) is 0 Å². The number of para-hydroxylation sites is 1. The van der Waals surface area contributed by atoms with E-state index in [9.17, 15) is 4.79 Å². The summed E-state index contributed by atoms with van der Waals surface area (Å²) in [6, 6.07) is 22.3. The van der Waals surface area contributed by atoms with E-state index in [0.717, 1.165) is 54.3 Å². The lowest BCUT2D eigenvalue weighted by molar-refractivity contribution is 0.307. The molecule has 36 heavy (non-hydrogen) atoms. The number of nitrogens with one attached hydrogen (secondary N) is 1. The van der Waals surface area contributed by atoms with Crippen LogP contribution in [-0.4, -0.2) is 45.3 Å². The number of nitrogen functional groups attached to an aromatic ring is 1. The van der Waals surface area contributed by atoms with Crippen molar-refractivity contribution in [3.8, 4) is 17.0 Å². The van der Waals surface area contributed by atoms with E-state index in [1.165, 1.54) is 0 Å². The highest BCUT2D eigenvalue weighted by Gasteiger charge is 2.41. The molecular formula is C27H27N7O2. The third-order valence-electron chi connectivity index (χ3n) is 6.94. The molecule has 0 amide bonds. The molecule has 2 aromatic carbocycles. The molecule has 4 heterocycles. The molecule has 0 aliphatic carbocycles. The van der Waals surface area contributed by atoms with Crippen LogP contribution in [0.4, 0.5) is 17.3 Å². The van der Waals surface area contributed by atoms with E-state index < -0.39 is 0 Å². The van der Waals surface area contributed by atoms with E-state index in [0.29, 0.717) is 18.1 Å². The number of fused-ring (bicyclic) bond motifs is 2. The quantitative estimate of drug-likeness (QED) is 0.432. The van der Waals surface area contributed by atoms with Crippen LogP contribution in [0, 0.1) is 0 Å². The molecule has 0 radical (unpaired) electrons. The smallest absolute Gasteiger partial charge is 0.346 e. The van der Waals surface area contributed by atoms with Crippen molar-refractivity contribution in [2.45, 2.75) is 31.5 Å². The molecule has 182 valence electrons. The topological polar surface area (TPSA) is 113 Å². The van der Waals surface area contributed by atoms with Gasteiger partial charge in [-0.25, -0.2) is 4.79 Å². The zero-order chi connectivity index (χ0) is 24.5. The fraction of sp³-hybridized carbons (Fsp3) is 0.259. The van der Waals surface area contributed by atoms with Gasteiger partial charge in [-0.3, -0.25) is 0 Å². The summed E-state index contributed by atoms with van der Waals surface area (Å²) in [5.41, 5.74) is 9.56. The van der Waals surface area contributed by atoms with Gasteiger partial charge in [0.1, 0.15) is 18.2 Å². The van der Waals surface area contributed by atoms with E-state index in [1.54, 1.807) is 6.20 Å². The van der Waals surface area contributed by atoms with Crippen LogP contribution >= 0.6 is 0 Å². The van der Waals surface area contributed by atoms with Crippen molar-refractivity contribution in [3.05, 3.63) is 89.0 Å². The van der Waals surface area contributed by atoms with E-state index in [4.69, 9.17) is 10.5 Å². The monoisotopic (exact) mass is 481 g/mol. The number of aromatic nitrogens is 4. The zero-order valence-electron chi connectivity index (χ0n) is 19.7. The molecule has 9 nitrogen and oxygen atoms in total. The van der Waals surface area contributed by atoms with Crippen LogP contribution in [0.2, 0.25) is 0 Å². The SMILES string of the molecule is Nc1nnc(-c2ccccc2OCc2ccccc2)cc1N1CC2CCC(C1)N2c1cc[nH]c(=O)n1. The van der Waals surface area contributed by atoms with Crippen molar-refractivity contribution in [1.29, 1.82) is 0 Å². The number of rotatable bonds is 6. The standard InChI is InChI=1S/C27H27N7O2/c28-26-23(33-15-19-10-11-20(16-33)34(19)25-12-13-29-27(35)30-25)14-22(31-32-26)21-8-4-5-9-24(21)36-17-18-6-2-1-3-7-18/h1-9,12-14,19-20H,10-11,15-17H2,(H2,28,32)(H,29,30,35). The van der Waals surface area contributed by atoms with Gasteiger partial charge in [-0.2, -0.15) is 4.98 Å². The van der Waals surface area contributed by atoms with E-state index in [-0.39, 0.29) is 17.8 Å². The van der Waals surface area contributed by atoms with Gasteiger partial charge in [0.2, 0.25) is 0 Å². The van der Waals surface area contributed by atoms with Crippen molar-refractivity contribution >= 4 is 17.3 Å². The van der Waals surface area contributed by atoms with E-state index >= 15 is 0 Å². The van der Waals surface area contributed by atoms with Gasteiger partial charge in [0.25, 0.3) is 0 Å². The molecule has 2 atom stereocenters. The highest BCUT2D eigenvalue weighted by Crippen LogP contribution is 2.38. The summed E-state index contributed by atoms with van der Waals surface area (Å²) in [7, 11) is 0. The molecule has 2 saturated heterocycles. The average Bonchev–Trinajstić information content (AvgIpc) is 3.18. The summed E-state index contributed by atoms with van der Waals surface area (Å²) in [5, 5.41) is 8.71. The van der Waals surface area contributed by atoms with Crippen LogP contribution in [0.1, 0.15) is 18.4 Å². The average molecular weight is 482 g/mol. The van der Waals surface area contributed by atoms with E-state index in [2.05, 4.69) is 30.0 Å². The maximum atomic E-state index is 11.8. The van der Waals surface area contributed by atoms with Gasteiger partial charge in [0, 0.05) is 36.9 Å². The van der Waals surface area contributed by atoms with Gasteiger partial charge in [0.05, 0.1) is 11.4 Å². The number of benzene rings is 2. The van der Waals surface area contributed by atoms with Gasteiger partial charge in [-0.15, -0.1) is 10.2 Å². The second-order valence-corrected chi connectivity index (χ2v) is 9.22. The number of H-pyrrole nitrogens is 1. The lowest BCUT2D eigenvalue weighted by atomic mass is 10.1. The predicted octanol–water partition coefficient (Wildman–Crippen LogP) is 3.25. The summed E-state index contributed by atoms with van der Waals surface area (Å²) in [5.74, 6) is 1.89. The summed E-state index contributed by atoms with van der Waals surface area (Å²) >= 11 is 0. The lowest BCUT2D eigenvalue weighted by Crippen LogP contribution is -2.54. The summed E-state index contributed by atoms with van der Waals surface area (Å²) in [4.78, 5) is 23.1. The van der Waals surface area contributed by atoms with Crippen LogP contribution in [-0.2, 0) is 6.61 Å². The van der Waals surface area contributed by atoms with Gasteiger partial charge >= 0.3 is 5.69 Å². The molecule has 2 aromatic heterocycles. The van der Waals surface area contributed by atoms with Crippen LogP contribution in [0.25, 0.3) is 11.3 Å². The Morgan fingerprint density at radius 2 is 1.72 bits per heavy atom. The van der Waals surface area contributed by atoms with Crippen molar-refractivity contribution < 1.29 is 4.74 Å². The number of aromatic amines is 1. The molecule has 9 heteroatoms. The molecule has 2 aliphatic heterocycles. The minimum Gasteiger partial charge on any atom is -0.488 e. The highest BCUT2D eigenvalue weighted by molar-refractivity contribution is 5.74. The fourth-order valence-corrected chi connectivity index (χ4v) is 5.29. The van der Waals surface area contributed by atoms with Crippen LogP contribution < -0.4 is 26.0 Å². The molecule has 3 N–H and O–H groups in total. The number of hydrogen-bond donors (Lipinski definition) is 2. The molecule has 2 aliphatic rings. The number of hydrogen-bond acceptors (Lipinski definition) is 8. The highest BCUT2D eigenvalue weighted by atomic mass is 16.5. The van der Waals surface area contributed by atoms with Gasteiger partial charge in [0.15, 0.2) is 5.82 Å². The fourth-order valence-electron chi connectivity index (χ4n) is 5.29. The first-order valence-corrected chi connectivity index (χ1v) is 12.1. The minimum absolute atomic E-state index is 0.246. The molecule has 2 fully saturated rings. The Kier molecular flexibility index (Phi) is 5.73. The summed E-state index contributed by atoms with van der Waals surface area (Å²) in [6.07, 6.45) is 3.74. The second kappa shape index (κ2) is 9.33. The molecule has 0 spiro atoms. The Morgan fingerprint density at radius 3 is 2.50 bits per heavy atom. The third kappa shape index (κ3) is 4.24. The summed E-state index contributed by atoms with van der Waals surface area (Å²) < 4.78 is 6.16. The molecule has 4 aromatic rings. The van der Waals surface area contributed by atoms with Gasteiger partial charge < -0.3 is 25.3 Å². The zero-order valence-corrected chi connectivity index (χ0v) is 19.7. The Hall–Kier alpha value is -4.40. The number of anilines is 3. The first-order valence-electron chi connectivity index (χ1n) is 12.1. The number of nitrogens with zero attached hydrogens (tertiary/aromatic N) is 5.